The molecule has 0 radical (unpaired) electrons. The molecule has 3 aliphatic heterocycles. The highest BCUT2D eigenvalue weighted by molar-refractivity contribution is 5.97. The molecule has 324 valence electrons. The van der Waals surface area contributed by atoms with Crippen LogP contribution in [0.5, 0.6) is 0 Å². The molecule has 0 saturated carbocycles. The van der Waals surface area contributed by atoms with Gasteiger partial charge in [0.05, 0.1) is 19.6 Å². The summed E-state index contributed by atoms with van der Waals surface area (Å²) in [5.41, 5.74) is 1.47. The first-order valence-corrected chi connectivity index (χ1v) is 20.5. The number of carbonyl (C=O) groups excluding carboxylic acids is 8. The number of fused-ring (bicyclic) bond motifs is 2. The maximum atomic E-state index is 14.6. The zero-order valence-corrected chi connectivity index (χ0v) is 35.0. The van der Waals surface area contributed by atoms with Crippen LogP contribution in [0.3, 0.4) is 0 Å². The third-order valence-electron chi connectivity index (χ3n) is 11.0. The number of nitrogens with zero attached hydrogens (tertiary/aromatic N) is 4. The van der Waals surface area contributed by atoms with Gasteiger partial charge in [0.25, 0.3) is 0 Å². The van der Waals surface area contributed by atoms with E-state index in [1.54, 1.807) is 67.5 Å². The maximum absolute atomic E-state index is 14.6. The molecule has 60 heavy (non-hydrogen) atoms. The van der Waals surface area contributed by atoms with Crippen molar-refractivity contribution in [3.63, 3.8) is 0 Å². The van der Waals surface area contributed by atoms with Crippen LogP contribution in [-0.4, -0.2) is 157 Å². The molecule has 0 aliphatic carbocycles. The number of esters is 2. The van der Waals surface area contributed by atoms with E-state index in [4.69, 9.17) is 9.47 Å². The first-order valence-electron chi connectivity index (χ1n) is 20.5. The van der Waals surface area contributed by atoms with Crippen molar-refractivity contribution in [3.8, 4) is 0 Å². The molecule has 17 nitrogen and oxygen atoms in total. The lowest BCUT2D eigenvalue weighted by Crippen LogP contribution is -2.61. The van der Waals surface area contributed by atoms with Gasteiger partial charge in [0.2, 0.25) is 35.4 Å². The number of benzene rings is 2. The highest BCUT2D eigenvalue weighted by Gasteiger charge is 2.45. The highest BCUT2D eigenvalue weighted by atomic mass is 16.5. The smallest absolute Gasteiger partial charge is 0.328 e. The van der Waals surface area contributed by atoms with E-state index in [1.807, 2.05) is 19.1 Å². The minimum absolute atomic E-state index is 0.00105. The molecule has 7 atom stereocenters. The van der Waals surface area contributed by atoms with Gasteiger partial charge in [-0.2, -0.15) is 0 Å². The number of ether oxygens (including phenoxy) is 2. The quantitative estimate of drug-likeness (QED) is 0.244. The third kappa shape index (κ3) is 11.9. The van der Waals surface area contributed by atoms with Crippen molar-refractivity contribution in [3.05, 3.63) is 71.8 Å². The van der Waals surface area contributed by atoms with E-state index in [1.165, 1.54) is 28.7 Å². The number of hydrogen-bond acceptors (Lipinski definition) is 11. The number of amides is 6. The van der Waals surface area contributed by atoms with Crippen molar-refractivity contribution in [2.75, 3.05) is 54.0 Å². The summed E-state index contributed by atoms with van der Waals surface area (Å²) in [6.07, 6.45) is 0.874. The summed E-state index contributed by atoms with van der Waals surface area (Å²) in [5, 5.41) is 8.23. The monoisotopic (exact) mass is 831 g/mol. The summed E-state index contributed by atoms with van der Waals surface area (Å²) in [6, 6.07) is 11.0. The first-order chi connectivity index (χ1) is 28.6. The molecular weight excluding hydrogens is 775 g/mol. The van der Waals surface area contributed by atoms with E-state index in [9.17, 15) is 38.4 Å². The molecule has 0 aromatic heterocycles. The molecule has 2 aromatic rings. The Morgan fingerprint density at radius 3 is 2.23 bits per heavy atom. The van der Waals surface area contributed by atoms with Crippen LogP contribution >= 0.6 is 0 Å². The molecule has 3 fully saturated rings. The fourth-order valence-corrected chi connectivity index (χ4v) is 7.89. The van der Waals surface area contributed by atoms with E-state index in [2.05, 4.69) is 16.0 Å². The summed E-state index contributed by atoms with van der Waals surface area (Å²) < 4.78 is 11.1. The minimum Gasteiger partial charge on any atom is -0.465 e. The molecule has 0 bridgehead atoms. The zero-order valence-electron chi connectivity index (χ0n) is 35.0. The molecule has 3 aliphatic rings. The lowest BCUT2D eigenvalue weighted by molar-refractivity contribution is -0.158. The molecule has 17 heteroatoms. The molecule has 6 amide bonds. The second-order valence-electron chi connectivity index (χ2n) is 16.1. The van der Waals surface area contributed by atoms with Gasteiger partial charge in [-0.1, -0.05) is 67.6 Å². The molecule has 5 rings (SSSR count). The molecule has 0 spiro atoms. The van der Waals surface area contributed by atoms with Crippen molar-refractivity contribution in [2.45, 2.75) is 88.6 Å². The second-order valence-corrected chi connectivity index (χ2v) is 16.1. The molecule has 3 saturated heterocycles. The number of hydrogen-bond donors (Lipinski definition) is 3. The van der Waals surface area contributed by atoms with Crippen molar-refractivity contribution >= 4 is 47.4 Å². The Balaban J connectivity index is 1.45. The Bertz CT molecular complexity index is 1880. The lowest BCUT2D eigenvalue weighted by atomic mass is 10.0. The average molecular weight is 832 g/mol. The van der Waals surface area contributed by atoms with Crippen molar-refractivity contribution < 1.29 is 47.8 Å². The molecular formula is C43H57N7O10. The zero-order chi connectivity index (χ0) is 43.5. The maximum Gasteiger partial charge on any atom is 0.328 e. The van der Waals surface area contributed by atoms with Gasteiger partial charge in [0.1, 0.15) is 42.9 Å². The number of rotatable bonds is 12. The summed E-state index contributed by atoms with van der Waals surface area (Å²) in [4.78, 5) is 116. The number of carbonyl (C=O) groups is 8. The molecule has 3 heterocycles. The van der Waals surface area contributed by atoms with Gasteiger partial charge >= 0.3 is 11.9 Å². The normalized spacial score (nSPS) is 24.6. The summed E-state index contributed by atoms with van der Waals surface area (Å²) in [5.74, 6) is -5.11. The van der Waals surface area contributed by atoms with E-state index in [0.29, 0.717) is 6.42 Å². The second kappa shape index (κ2) is 20.9. The van der Waals surface area contributed by atoms with Crippen LogP contribution in [-0.2, 0) is 60.7 Å². The van der Waals surface area contributed by atoms with Crippen LogP contribution in [0.25, 0.3) is 0 Å². The van der Waals surface area contributed by atoms with Crippen LogP contribution in [0, 0.1) is 5.92 Å². The summed E-state index contributed by atoms with van der Waals surface area (Å²) >= 11 is 0. The van der Waals surface area contributed by atoms with Crippen LogP contribution in [0.2, 0.25) is 0 Å². The molecule has 2 aromatic carbocycles. The van der Waals surface area contributed by atoms with Crippen LogP contribution in [0.15, 0.2) is 60.7 Å². The van der Waals surface area contributed by atoms with Crippen molar-refractivity contribution in [1.29, 1.82) is 0 Å². The van der Waals surface area contributed by atoms with Crippen molar-refractivity contribution in [2.24, 2.45) is 5.92 Å². The predicted octanol–water partition coefficient (Wildman–Crippen LogP) is 0.0528. The SMILES string of the molecule is C[C@@H]1C[C@H]2C(=O)OC[C@H](NC(=O)[C@H](Cc3ccccc3)NC(=O)Cc3ccccc3)C(=O)N3CCC[C@H]3C(=O)N(C)[C@@H](CCOC(=O)CN(C)C)C(=O)N[C@@H](C)C(=O)N2C1. The van der Waals surface area contributed by atoms with Gasteiger partial charge in [-0.05, 0) is 57.3 Å². The van der Waals surface area contributed by atoms with Crippen LogP contribution in [0.1, 0.15) is 50.7 Å². The van der Waals surface area contributed by atoms with Gasteiger partial charge in [0, 0.05) is 33.0 Å². The van der Waals surface area contributed by atoms with Gasteiger partial charge in [-0.3, -0.25) is 38.5 Å². The van der Waals surface area contributed by atoms with Crippen LogP contribution < -0.4 is 16.0 Å². The van der Waals surface area contributed by atoms with Crippen LogP contribution in [0.4, 0.5) is 0 Å². The Labute approximate surface area is 350 Å². The highest BCUT2D eigenvalue weighted by Crippen LogP contribution is 2.26. The van der Waals surface area contributed by atoms with Gasteiger partial charge in [-0.25, -0.2) is 4.79 Å². The Morgan fingerprint density at radius 2 is 1.57 bits per heavy atom. The van der Waals surface area contributed by atoms with Gasteiger partial charge < -0.3 is 40.1 Å². The topological polar surface area (TPSA) is 204 Å². The Kier molecular flexibility index (Phi) is 15.8. The molecule has 0 unspecified atom stereocenters. The van der Waals surface area contributed by atoms with E-state index in [0.717, 1.165) is 11.1 Å². The van der Waals surface area contributed by atoms with E-state index < -0.39 is 90.2 Å². The Morgan fingerprint density at radius 1 is 0.900 bits per heavy atom. The molecule has 3 N–H and O–H groups in total. The number of likely N-dealkylation sites (N-methyl/N-ethyl adjacent to an activating group) is 2. The van der Waals surface area contributed by atoms with Crippen molar-refractivity contribution in [1.82, 2.24) is 35.6 Å². The minimum atomic E-state index is -1.49. The first kappa shape index (κ1) is 45.2. The third-order valence-corrected chi connectivity index (χ3v) is 11.0. The standard InChI is InChI=1S/C43H57N7O10/c1-27-21-35-43(58)60-26-32(46-38(53)31(22-29-13-8-6-9-14-29)45-36(51)23-30-15-10-7-11-16-30)41(56)49-19-12-17-34(49)42(57)48(5)33(18-20-59-37(52)25-47(3)4)39(54)44-28(2)40(55)50(35)24-27/h6-11,13-16,27-28,31-35H,12,17-26H2,1-5H3,(H,44,54)(H,45,51)(H,46,53)/t27-,28+,31+,32+,33+,34+,35+/m1/s1. The number of cyclic esters (lactones) is 1. The fraction of sp³-hybridized carbons (Fsp3) is 0.535. The van der Waals surface area contributed by atoms with E-state index >= 15 is 0 Å². The predicted molar refractivity (Wildman–Crippen MR) is 217 cm³/mol. The summed E-state index contributed by atoms with van der Waals surface area (Å²) in [6.45, 7) is 2.84. The average Bonchev–Trinajstić information content (AvgIpc) is 3.87. The van der Waals surface area contributed by atoms with Gasteiger partial charge in [-0.15, -0.1) is 0 Å². The lowest BCUT2D eigenvalue weighted by Gasteiger charge is -2.35. The largest absolute Gasteiger partial charge is 0.465 e. The number of nitrogens with one attached hydrogen (secondary N) is 3. The fourth-order valence-electron chi connectivity index (χ4n) is 7.89. The van der Waals surface area contributed by atoms with Gasteiger partial charge in [0.15, 0.2) is 0 Å². The summed E-state index contributed by atoms with van der Waals surface area (Å²) in [7, 11) is 4.81. The Hall–Kier alpha value is -5.84. The van der Waals surface area contributed by atoms with E-state index in [-0.39, 0.29) is 64.3 Å².